The van der Waals surface area contributed by atoms with Gasteiger partial charge in [-0.3, -0.25) is 4.79 Å². The molecular weight excluding hydrogens is 367 g/mol. The molecule has 0 saturated heterocycles. The molecule has 1 aromatic carbocycles. The topological polar surface area (TPSA) is 134 Å². The molecule has 0 aromatic heterocycles. The molecule has 0 unspecified atom stereocenters. The second-order valence-corrected chi connectivity index (χ2v) is 5.48. The monoisotopic (exact) mass is 382 g/mol. The summed E-state index contributed by atoms with van der Waals surface area (Å²) in [6, 6.07) is 2.74. The molecule has 1 aromatic rings. The largest absolute Gasteiger partial charge is 0.494 e. The molecule has 8 nitrogen and oxygen atoms in total. The third-order valence-corrected chi connectivity index (χ3v) is 3.66. The van der Waals surface area contributed by atoms with E-state index in [1.165, 1.54) is 19.2 Å². The summed E-state index contributed by atoms with van der Waals surface area (Å²) in [6.45, 7) is -1.76. The third kappa shape index (κ3) is 4.79. The van der Waals surface area contributed by atoms with Crippen molar-refractivity contribution in [2.45, 2.75) is 18.3 Å². The molecule has 0 heterocycles. The van der Waals surface area contributed by atoms with Crippen LogP contribution in [-0.2, 0) is 9.53 Å². The highest BCUT2D eigenvalue weighted by atomic mass is 35.5. The standard InChI is InChI=1S/C14H16Cl2O8/c1-23-13-7(16)3-2-6(15)10(13)14(22)24-5-9(19)12(21)11(20)8(18)4-17/h2-3,8,11-12,17-18,20-21H,4-5H2,1H3/t8-,11+,12+/m0/s1. The van der Waals surface area contributed by atoms with Crippen LogP contribution in [0.25, 0.3) is 0 Å². The number of esters is 1. The lowest BCUT2D eigenvalue weighted by Crippen LogP contribution is -2.45. The zero-order chi connectivity index (χ0) is 18.4. The minimum Gasteiger partial charge on any atom is -0.494 e. The number of Topliss-reactive ketones (excluding diaryl/α,β-unsaturated/α-hetero) is 1. The van der Waals surface area contributed by atoms with Crippen LogP contribution >= 0.6 is 23.2 Å². The third-order valence-electron chi connectivity index (χ3n) is 3.05. The quantitative estimate of drug-likeness (QED) is 0.454. The highest BCUT2D eigenvalue weighted by Gasteiger charge is 2.31. The van der Waals surface area contributed by atoms with Gasteiger partial charge in [-0.1, -0.05) is 23.2 Å². The van der Waals surface area contributed by atoms with Gasteiger partial charge >= 0.3 is 5.97 Å². The van der Waals surface area contributed by atoms with Crippen molar-refractivity contribution in [1.29, 1.82) is 0 Å². The first-order valence-corrected chi connectivity index (χ1v) is 7.37. The van der Waals surface area contributed by atoms with Gasteiger partial charge in [0.2, 0.25) is 5.78 Å². The smallest absolute Gasteiger partial charge is 0.343 e. The van der Waals surface area contributed by atoms with Gasteiger partial charge in [-0.05, 0) is 12.1 Å². The molecule has 0 radical (unpaired) electrons. The summed E-state index contributed by atoms with van der Waals surface area (Å²) in [5, 5.41) is 36.9. The maximum atomic E-state index is 12.1. The van der Waals surface area contributed by atoms with Gasteiger partial charge < -0.3 is 29.9 Å². The Balaban J connectivity index is 2.80. The fraction of sp³-hybridized carbons (Fsp3) is 0.429. The van der Waals surface area contributed by atoms with Gasteiger partial charge in [0.25, 0.3) is 0 Å². The predicted molar refractivity (Wildman–Crippen MR) is 83.4 cm³/mol. The Morgan fingerprint density at radius 3 is 2.29 bits per heavy atom. The number of ketones is 1. The lowest BCUT2D eigenvalue weighted by atomic mass is 10.1. The normalized spacial score (nSPS) is 14.6. The maximum Gasteiger partial charge on any atom is 0.343 e. The number of aliphatic hydroxyl groups is 4. The summed E-state index contributed by atoms with van der Waals surface area (Å²) in [6.07, 6.45) is -5.69. The van der Waals surface area contributed by atoms with Crippen molar-refractivity contribution in [2.24, 2.45) is 0 Å². The van der Waals surface area contributed by atoms with Crippen LogP contribution in [0, 0.1) is 0 Å². The summed E-state index contributed by atoms with van der Waals surface area (Å²) >= 11 is 11.8. The molecule has 3 atom stereocenters. The second kappa shape index (κ2) is 9.16. The Morgan fingerprint density at radius 2 is 1.75 bits per heavy atom. The first kappa shape index (κ1) is 20.6. The minimum absolute atomic E-state index is 0.0232. The van der Waals surface area contributed by atoms with Crippen LogP contribution in [-0.4, -0.2) is 70.8 Å². The van der Waals surface area contributed by atoms with Crippen molar-refractivity contribution in [2.75, 3.05) is 20.3 Å². The van der Waals surface area contributed by atoms with E-state index in [-0.39, 0.29) is 21.4 Å². The van der Waals surface area contributed by atoms with E-state index in [1.807, 2.05) is 0 Å². The van der Waals surface area contributed by atoms with Crippen molar-refractivity contribution >= 4 is 35.0 Å². The van der Waals surface area contributed by atoms with E-state index in [0.717, 1.165) is 0 Å². The zero-order valence-electron chi connectivity index (χ0n) is 12.5. The van der Waals surface area contributed by atoms with Gasteiger partial charge in [-0.2, -0.15) is 0 Å². The number of hydrogen-bond acceptors (Lipinski definition) is 8. The molecule has 4 N–H and O–H groups in total. The summed E-state index contributed by atoms with van der Waals surface area (Å²) in [7, 11) is 1.26. The molecule has 0 aliphatic carbocycles. The number of carbonyl (C=O) groups is 2. The minimum atomic E-state index is -2.04. The molecule has 0 spiro atoms. The molecule has 0 saturated carbocycles. The molecular formula is C14H16Cl2O8. The fourth-order valence-electron chi connectivity index (χ4n) is 1.73. The Kier molecular flexibility index (Phi) is 7.88. The molecule has 134 valence electrons. The van der Waals surface area contributed by atoms with Gasteiger partial charge in [0.05, 0.1) is 23.8 Å². The van der Waals surface area contributed by atoms with Crippen LogP contribution < -0.4 is 4.74 Å². The Morgan fingerprint density at radius 1 is 1.17 bits per heavy atom. The van der Waals surface area contributed by atoms with Gasteiger partial charge in [0.1, 0.15) is 23.9 Å². The first-order chi connectivity index (χ1) is 11.2. The fourth-order valence-corrected chi connectivity index (χ4v) is 2.19. The number of hydrogen-bond donors (Lipinski definition) is 4. The number of rotatable bonds is 8. The van der Waals surface area contributed by atoms with Gasteiger partial charge in [0.15, 0.2) is 12.4 Å². The van der Waals surface area contributed by atoms with Crippen molar-refractivity contribution in [1.82, 2.24) is 0 Å². The second-order valence-electron chi connectivity index (χ2n) is 4.67. The molecule has 0 amide bonds. The van der Waals surface area contributed by atoms with Crippen molar-refractivity contribution in [3.63, 3.8) is 0 Å². The van der Waals surface area contributed by atoms with E-state index >= 15 is 0 Å². The van der Waals surface area contributed by atoms with E-state index in [2.05, 4.69) is 0 Å². The average molecular weight is 383 g/mol. The van der Waals surface area contributed by atoms with Gasteiger partial charge in [-0.25, -0.2) is 4.79 Å². The van der Waals surface area contributed by atoms with Crippen LogP contribution in [0.15, 0.2) is 12.1 Å². The highest BCUT2D eigenvalue weighted by Crippen LogP contribution is 2.34. The maximum absolute atomic E-state index is 12.1. The highest BCUT2D eigenvalue weighted by molar-refractivity contribution is 6.37. The predicted octanol–water partition coefficient (Wildman–Crippen LogP) is -0.197. The van der Waals surface area contributed by atoms with Crippen molar-refractivity contribution < 1.29 is 39.5 Å². The van der Waals surface area contributed by atoms with E-state index in [4.69, 9.17) is 42.9 Å². The summed E-state index contributed by atoms with van der Waals surface area (Å²) in [5.74, 6) is -2.16. The zero-order valence-corrected chi connectivity index (χ0v) is 14.0. The molecule has 0 aliphatic heterocycles. The van der Waals surface area contributed by atoms with E-state index in [0.29, 0.717) is 0 Å². The SMILES string of the molecule is COc1c(Cl)ccc(Cl)c1C(=O)OCC(=O)[C@@H](O)[C@H](O)[C@@H](O)CO. The lowest BCUT2D eigenvalue weighted by molar-refractivity contribution is -0.143. The number of carbonyl (C=O) groups excluding carboxylic acids is 2. The molecule has 0 fully saturated rings. The number of aliphatic hydroxyl groups excluding tert-OH is 4. The van der Waals surface area contributed by atoms with Crippen LogP contribution in [0.1, 0.15) is 10.4 Å². The van der Waals surface area contributed by atoms with Crippen molar-refractivity contribution in [3.8, 4) is 5.75 Å². The van der Waals surface area contributed by atoms with Crippen LogP contribution in [0.4, 0.5) is 0 Å². The number of methoxy groups -OCH3 is 1. The lowest BCUT2D eigenvalue weighted by Gasteiger charge is -2.20. The van der Waals surface area contributed by atoms with E-state index in [1.54, 1.807) is 0 Å². The Labute approximate surface area is 147 Å². The molecule has 0 aliphatic rings. The van der Waals surface area contributed by atoms with Crippen LogP contribution in [0.3, 0.4) is 0 Å². The van der Waals surface area contributed by atoms with E-state index < -0.39 is 43.3 Å². The van der Waals surface area contributed by atoms with Crippen molar-refractivity contribution in [3.05, 3.63) is 27.7 Å². The number of benzene rings is 1. The summed E-state index contributed by atoms with van der Waals surface area (Å²) < 4.78 is 9.69. The Bertz CT molecular complexity index is 607. The molecule has 1 rings (SSSR count). The molecule has 24 heavy (non-hydrogen) atoms. The molecule has 0 bridgehead atoms. The summed E-state index contributed by atoms with van der Waals surface area (Å²) in [4.78, 5) is 23.7. The number of ether oxygens (including phenoxy) is 2. The first-order valence-electron chi connectivity index (χ1n) is 6.61. The van der Waals surface area contributed by atoms with Gasteiger partial charge in [-0.15, -0.1) is 0 Å². The Hall–Kier alpha value is -1.42. The van der Waals surface area contributed by atoms with Crippen LogP contribution in [0.5, 0.6) is 5.75 Å². The van der Waals surface area contributed by atoms with Gasteiger partial charge in [0, 0.05) is 0 Å². The van der Waals surface area contributed by atoms with Crippen LogP contribution in [0.2, 0.25) is 10.0 Å². The van der Waals surface area contributed by atoms with E-state index in [9.17, 15) is 19.8 Å². The molecule has 10 heteroatoms. The average Bonchev–Trinajstić information content (AvgIpc) is 2.58. The summed E-state index contributed by atoms with van der Waals surface area (Å²) in [5.41, 5.74) is -0.204. The number of halogens is 2.